The van der Waals surface area contributed by atoms with Gasteiger partial charge in [-0.3, -0.25) is 9.59 Å². The van der Waals surface area contributed by atoms with Crippen molar-refractivity contribution in [2.45, 2.75) is 13.8 Å². The van der Waals surface area contributed by atoms with E-state index in [2.05, 4.69) is 10.6 Å². The van der Waals surface area contributed by atoms with Crippen LogP contribution in [0.25, 0.3) is 0 Å². The molecule has 2 aromatic carbocycles. The monoisotopic (exact) mass is 312 g/mol. The fourth-order valence-corrected chi connectivity index (χ4v) is 1.90. The van der Waals surface area contributed by atoms with E-state index >= 15 is 0 Å². The minimum atomic E-state index is -0.538. The molecule has 0 aromatic heterocycles. The van der Waals surface area contributed by atoms with Crippen LogP contribution in [0.4, 0.5) is 11.4 Å². The lowest BCUT2D eigenvalue weighted by atomic mass is 10.2. The van der Waals surface area contributed by atoms with E-state index in [0.717, 1.165) is 0 Å². The number of amides is 2. The molecule has 0 aliphatic rings. The van der Waals surface area contributed by atoms with Crippen LogP contribution < -0.4 is 15.4 Å². The van der Waals surface area contributed by atoms with Crippen LogP contribution >= 0.6 is 0 Å². The van der Waals surface area contributed by atoms with Gasteiger partial charge in [-0.15, -0.1) is 0 Å². The fourth-order valence-electron chi connectivity index (χ4n) is 1.90. The molecule has 0 atom stereocenters. The molecule has 118 valence electrons. The van der Waals surface area contributed by atoms with E-state index in [1.54, 1.807) is 42.5 Å². The molecular formula is C17H16N2O4. The molecule has 0 radical (unpaired) electrons. The van der Waals surface area contributed by atoms with Crippen LogP contribution in [0.2, 0.25) is 0 Å². The summed E-state index contributed by atoms with van der Waals surface area (Å²) in [6.07, 6.45) is 0. The summed E-state index contributed by atoms with van der Waals surface area (Å²) in [5.74, 6) is -0.577. The van der Waals surface area contributed by atoms with E-state index < -0.39 is 5.97 Å². The molecule has 6 nitrogen and oxygen atoms in total. The van der Waals surface area contributed by atoms with Gasteiger partial charge in [0.1, 0.15) is 5.75 Å². The Morgan fingerprint density at radius 2 is 1.43 bits per heavy atom. The summed E-state index contributed by atoms with van der Waals surface area (Å²) < 4.78 is 5.26. The van der Waals surface area contributed by atoms with Crippen LogP contribution in [0.1, 0.15) is 24.2 Å². The summed E-state index contributed by atoms with van der Waals surface area (Å²) in [6, 6.07) is 12.9. The summed E-state index contributed by atoms with van der Waals surface area (Å²) in [4.78, 5) is 34.1. The fraction of sp³-hybridized carbons (Fsp3) is 0.118. The van der Waals surface area contributed by atoms with Crippen molar-refractivity contribution in [1.29, 1.82) is 0 Å². The predicted molar refractivity (Wildman–Crippen MR) is 86.4 cm³/mol. The van der Waals surface area contributed by atoms with Crippen molar-refractivity contribution >= 4 is 29.2 Å². The Morgan fingerprint density at radius 3 is 2.04 bits per heavy atom. The standard InChI is InChI=1S/C17H16N2O4/c1-11(20)18-14-6-8-16(9-7-14)23-17(22)13-4-3-5-15(10-13)19-12(2)21/h3-10H,1-2H3,(H,18,20)(H,19,21). The van der Waals surface area contributed by atoms with Gasteiger partial charge >= 0.3 is 5.97 Å². The molecular weight excluding hydrogens is 296 g/mol. The van der Waals surface area contributed by atoms with Crippen molar-refractivity contribution in [3.05, 3.63) is 54.1 Å². The molecule has 2 N–H and O–H groups in total. The van der Waals surface area contributed by atoms with Gasteiger partial charge in [0.2, 0.25) is 11.8 Å². The zero-order valence-corrected chi connectivity index (χ0v) is 12.8. The second kappa shape index (κ2) is 7.22. The van der Waals surface area contributed by atoms with Crippen molar-refractivity contribution < 1.29 is 19.1 Å². The second-order valence-corrected chi connectivity index (χ2v) is 4.86. The maximum atomic E-state index is 12.1. The Kier molecular flexibility index (Phi) is 5.09. The SMILES string of the molecule is CC(=O)Nc1ccc(OC(=O)c2cccc(NC(C)=O)c2)cc1. The zero-order chi connectivity index (χ0) is 16.8. The molecule has 0 saturated heterocycles. The lowest BCUT2D eigenvalue weighted by Gasteiger charge is -2.07. The topological polar surface area (TPSA) is 84.5 Å². The number of hydrogen-bond donors (Lipinski definition) is 2. The Morgan fingerprint density at radius 1 is 0.826 bits per heavy atom. The van der Waals surface area contributed by atoms with Crippen LogP contribution in [-0.2, 0) is 9.59 Å². The molecule has 2 rings (SSSR count). The third-order valence-corrected chi connectivity index (χ3v) is 2.80. The van der Waals surface area contributed by atoms with Crippen molar-refractivity contribution in [2.75, 3.05) is 10.6 Å². The van der Waals surface area contributed by atoms with Crippen molar-refractivity contribution in [1.82, 2.24) is 0 Å². The van der Waals surface area contributed by atoms with Gasteiger partial charge in [0, 0.05) is 25.2 Å². The highest BCUT2D eigenvalue weighted by Gasteiger charge is 2.10. The normalized spacial score (nSPS) is 9.83. The molecule has 2 amide bonds. The largest absolute Gasteiger partial charge is 0.423 e. The lowest BCUT2D eigenvalue weighted by molar-refractivity contribution is -0.115. The lowest BCUT2D eigenvalue weighted by Crippen LogP contribution is -2.11. The Hall–Kier alpha value is -3.15. The van der Waals surface area contributed by atoms with Gasteiger partial charge in [-0.2, -0.15) is 0 Å². The molecule has 0 saturated carbocycles. The first-order chi connectivity index (χ1) is 10.9. The molecule has 6 heteroatoms. The molecule has 0 bridgehead atoms. The summed E-state index contributed by atoms with van der Waals surface area (Å²) in [7, 11) is 0. The van der Waals surface area contributed by atoms with Gasteiger partial charge in [-0.05, 0) is 42.5 Å². The van der Waals surface area contributed by atoms with E-state index in [9.17, 15) is 14.4 Å². The Balaban J connectivity index is 2.06. The highest BCUT2D eigenvalue weighted by atomic mass is 16.5. The molecule has 0 spiro atoms. The van der Waals surface area contributed by atoms with Crippen molar-refractivity contribution in [3.63, 3.8) is 0 Å². The molecule has 0 heterocycles. The van der Waals surface area contributed by atoms with Crippen LogP contribution in [0, 0.1) is 0 Å². The molecule has 0 fully saturated rings. The van der Waals surface area contributed by atoms with Gasteiger partial charge in [0.15, 0.2) is 0 Å². The third kappa shape index (κ3) is 4.96. The highest BCUT2D eigenvalue weighted by molar-refractivity contribution is 5.94. The minimum absolute atomic E-state index is 0.176. The highest BCUT2D eigenvalue weighted by Crippen LogP contribution is 2.18. The van der Waals surface area contributed by atoms with E-state index in [4.69, 9.17) is 4.74 Å². The van der Waals surface area contributed by atoms with Crippen LogP contribution in [0.3, 0.4) is 0 Å². The summed E-state index contributed by atoms with van der Waals surface area (Å²) in [6.45, 7) is 2.80. The summed E-state index contributed by atoms with van der Waals surface area (Å²) >= 11 is 0. The first-order valence-corrected chi connectivity index (χ1v) is 6.91. The van der Waals surface area contributed by atoms with Crippen molar-refractivity contribution in [2.24, 2.45) is 0 Å². The van der Waals surface area contributed by atoms with E-state index in [0.29, 0.717) is 22.7 Å². The number of nitrogens with one attached hydrogen (secondary N) is 2. The summed E-state index contributed by atoms with van der Waals surface area (Å²) in [5, 5.41) is 5.23. The second-order valence-electron chi connectivity index (χ2n) is 4.86. The van der Waals surface area contributed by atoms with E-state index in [-0.39, 0.29) is 11.8 Å². The van der Waals surface area contributed by atoms with Gasteiger partial charge < -0.3 is 15.4 Å². The van der Waals surface area contributed by atoms with E-state index in [1.807, 2.05) is 0 Å². The maximum absolute atomic E-state index is 12.1. The average Bonchev–Trinajstić information content (AvgIpc) is 2.48. The molecule has 23 heavy (non-hydrogen) atoms. The quantitative estimate of drug-likeness (QED) is 0.671. The zero-order valence-electron chi connectivity index (χ0n) is 12.8. The van der Waals surface area contributed by atoms with Crippen LogP contribution in [0.5, 0.6) is 5.75 Å². The number of rotatable bonds is 4. The van der Waals surface area contributed by atoms with Crippen LogP contribution in [-0.4, -0.2) is 17.8 Å². The smallest absolute Gasteiger partial charge is 0.343 e. The molecule has 0 aliphatic carbocycles. The van der Waals surface area contributed by atoms with Crippen molar-refractivity contribution in [3.8, 4) is 5.75 Å². The predicted octanol–water partition coefficient (Wildman–Crippen LogP) is 2.82. The van der Waals surface area contributed by atoms with Gasteiger partial charge in [-0.25, -0.2) is 4.79 Å². The van der Waals surface area contributed by atoms with Gasteiger partial charge in [0.25, 0.3) is 0 Å². The third-order valence-electron chi connectivity index (χ3n) is 2.80. The number of carbonyl (C=O) groups is 3. The number of esters is 1. The van der Waals surface area contributed by atoms with Gasteiger partial charge in [-0.1, -0.05) is 6.07 Å². The Bertz CT molecular complexity index is 739. The summed E-state index contributed by atoms with van der Waals surface area (Å²) in [5.41, 5.74) is 1.46. The maximum Gasteiger partial charge on any atom is 0.343 e. The van der Waals surface area contributed by atoms with Crippen LogP contribution in [0.15, 0.2) is 48.5 Å². The first-order valence-electron chi connectivity index (χ1n) is 6.91. The van der Waals surface area contributed by atoms with Gasteiger partial charge in [0.05, 0.1) is 5.56 Å². The molecule has 2 aromatic rings. The average molecular weight is 312 g/mol. The number of carbonyl (C=O) groups excluding carboxylic acids is 3. The number of hydrogen-bond acceptors (Lipinski definition) is 4. The van der Waals surface area contributed by atoms with E-state index in [1.165, 1.54) is 19.9 Å². The molecule has 0 unspecified atom stereocenters. The number of ether oxygens (including phenoxy) is 1. The Labute approximate surface area is 133 Å². The number of anilines is 2. The number of benzene rings is 2. The first kappa shape index (κ1) is 16.2. The minimum Gasteiger partial charge on any atom is -0.423 e. The molecule has 0 aliphatic heterocycles.